The molecule has 9 heteroatoms. The van der Waals surface area contributed by atoms with Crippen LogP contribution in [0.25, 0.3) is 10.1 Å². The zero-order valence-electron chi connectivity index (χ0n) is 17.9. The molecule has 4 rings (SSSR count). The van der Waals surface area contributed by atoms with E-state index in [1.54, 1.807) is 7.11 Å². The Labute approximate surface area is 183 Å². The first-order valence-electron chi connectivity index (χ1n) is 9.70. The van der Waals surface area contributed by atoms with Gasteiger partial charge in [0.1, 0.15) is 16.4 Å². The van der Waals surface area contributed by atoms with Crippen molar-refractivity contribution in [3.63, 3.8) is 0 Å². The first-order valence-corrected chi connectivity index (χ1v) is 10.5. The largest absolute Gasteiger partial charge is 0.496 e. The number of nitrogens with one attached hydrogen (secondary N) is 2. The zero-order valence-corrected chi connectivity index (χ0v) is 18.8. The Hall–Kier alpha value is -3.46. The number of rotatable bonds is 5. The number of anilines is 1. The highest BCUT2D eigenvalue weighted by molar-refractivity contribution is 7.21. The van der Waals surface area contributed by atoms with E-state index < -0.39 is 0 Å². The molecule has 0 fully saturated rings. The van der Waals surface area contributed by atoms with Gasteiger partial charge in [-0.15, -0.1) is 16.4 Å². The van der Waals surface area contributed by atoms with Crippen LogP contribution in [-0.2, 0) is 5.41 Å². The standard InChI is InChI=1S/C22H23N5O3S/c1-12-10-15-17(11-16(12)29-5)31-19(20(28)23-21-24-26-27-25-21)18(15)30-14-8-6-13(7-9-14)22(2,3)4/h6-11H,1-5H3,(H2,23,24,25,26,27,28). The molecule has 2 heterocycles. The van der Waals surface area contributed by atoms with Crippen molar-refractivity contribution in [1.82, 2.24) is 20.6 Å². The number of aryl methyl sites for hydroxylation is 1. The van der Waals surface area contributed by atoms with Gasteiger partial charge in [-0.3, -0.25) is 10.1 Å². The summed E-state index contributed by atoms with van der Waals surface area (Å²) in [5.41, 5.74) is 2.19. The molecule has 2 aromatic carbocycles. The molecular weight excluding hydrogens is 414 g/mol. The summed E-state index contributed by atoms with van der Waals surface area (Å²) in [4.78, 5) is 13.4. The quantitative estimate of drug-likeness (QED) is 0.452. The lowest BCUT2D eigenvalue weighted by atomic mass is 9.87. The molecule has 2 aromatic heterocycles. The van der Waals surface area contributed by atoms with Crippen molar-refractivity contribution in [2.45, 2.75) is 33.1 Å². The summed E-state index contributed by atoms with van der Waals surface area (Å²) < 4.78 is 12.6. The van der Waals surface area contributed by atoms with Crippen molar-refractivity contribution in [3.8, 4) is 17.2 Å². The summed E-state index contributed by atoms with van der Waals surface area (Å²) in [6, 6.07) is 11.8. The van der Waals surface area contributed by atoms with E-state index in [2.05, 4.69) is 46.7 Å². The van der Waals surface area contributed by atoms with E-state index in [0.717, 1.165) is 21.4 Å². The average Bonchev–Trinajstić information content (AvgIpc) is 3.35. The summed E-state index contributed by atoms with van der Waals surface area (Å²) in [5.74, 6) is 1.60. The molecule has 0 saturated carbocycles. The van der Waals surface area contributed by atoms with E-state index in [4.69, 9.17) is 9.47 Å². The molecule has 0 radical (unpaired) electrons. The van der Waals surface area contributed by atoms with E-state index in [1.807, 2.05) is 43.3 Å². The maximum Gasteiger partial charge on any atom is 0.272 e. The summed E-state index contributed by atoms with van der Waals surface area (Å²) in [7, 11) is 1.62. The van der Waals surface area contributed by atoms with Crippen LogP contribution in [0.2, 0.25) is 0 Å². The van der Waals surface area contributed by atoms with Gasteiger partial charge in [-0.2, -0.15) is 5.21 Å². The number of hydrogen-bond donors (Lipinski definition) is 2. The van der Waals surface area contributed by atoms with Gasteiger partial charge in [0.2, 0.25) is 0 Å². The topological polar surface area (TPSA) is 102 Å². The number of tetrazole rings is 1. The number of aromatic nitrogens is 4. The van der Waals surface area contributed by atoms with E-state index in [-0.39, 0.29) is 17.3 Å². The van der Waals surface area contributed by atoms with Crippen molar-refractivity contribution >= 4 is 33.3 Å². The van der Waals surface area contributed by atoms with Crippen LogP contribution in [0.3, 0.4) is 0 Å². The zero-order chi connectivity index (χ0) is 22.2. The number of benzene rings is 2. The molecule has 0 atom stereocenters. The molecule has 8 nitrogen and oxygen atoms in total. The molecule has 160 valence electrons. The molecule has 4 aromatic rings. The third kappa shape index (κ3) is 4.22. The Morgan fingerprint density at radius 1 is 1.16 bits per heavy atom. The van der Waals surface area contributed by atoms with Crippen LogP contribution in [-0.4, -0.2) is 33.6 Å². The van der Waals surface area contributed by atoms with E-state index in [0.29, 0.717) is 16.4 Å². The predicted molar refractivity (Wildman–Crippen MR) is 120 cm³/mol. The van der Waals surface area contributed by atoms with Gasteiger partial charge in [-0.05, 0) is 52.9 Å². The Bertz CT molecular complexity index is 1230. The van der Waals surface area contributed by atoms with E-state index >= 15 is 0 Å². The minimum atomic E-state index is -0.375. The molecule has 0 unspecified atom stereocenters. The van der Waals surface area contributed by atoms with Crippen LogP contribution in [0.4, 0.5) is 5.95 Å². The summed E-state index contributed by atoms with van der Waals surface area (Å²) in [6.07, 6.45) is 0. The van der Waals surface area contributed by atoms with Crippen molar-refractivity contribution in [2.24, 2.45) is 0 Å². The van der Waals surface area contributed by atoms with Crippen LogP contribution in [0.5, 0.6) is 17.2 Å². The molecule has 0 spiro atoms. The second kappa shape index (κ2) is 7.99. The molecule has 1 amide bonds. The Morgan fingerprint density at radius 2 is 1.90 bits per heavy atom. The number of fused-ring (bicyclic) bond motifs is 1. The average molecular weight is 438 g/mol. The van der Waals surface area contributed by atoms with Gasteiger partial charge in [-0.25, -0.2) is 0 Å². The third-order valence-electron chi connectivity index (χ3n) is 4.88. The van der Waals surface area contributed by atoms with Gasteiger partial charge >= 0.3 is 0 Å². The minimum Gasteiger partial charge on any atom is -0.496 e. The van der Waals surface area contributed by atoms with Crippen LogP contribution in [0.1, 0.15) is 41.6 Å². The maximum absolute atomic E-state index is 13.0. The smallest absolute Gasteiger partial charge is 0.272 e. The summed E-state index contributed by atoms with van der Waals surface area (Å²) >= 11 is 1.32. The molecule has 2 N–H and O–H groups in total. The van der Waals surface area contributed by atoms with Gasteiger partial charge in [0.15, 0.2) is 5.75 Å². The predicted octanol–water partition coefficient (Wildman–Crippen LogP) is 5.07. The van der Waals surface area contributed by atoms with Gasteiger partial charge in [-0.1, -0.05) is 38.0 Å². The van der Waals surface area contributed by atoms with E-state index in [1.165, 1.54) is 16.9 Å². The Balaban J connectivity index is 1.77. The SMILES string of the molecule is COc1cc2sc(C(=O)Nc3nn[nH]n3)c(Oc3ccc(C(C)(C)C)cc3)c2cc1C. The third-order valence-corrected chi connectivity index (χ3v) is 6.01. The normalized spacial score (nSPS) is 11.5. The molecule has 0 aliphatic heterocycles. The molecule has 0 saturated heterocycles. The number of ether oxygens (including phenoxy) is 2. The fraction of sp³-hybridized carbons (Fsp3) is 0.273. The summed E-state index contributed by atoms with van der Waals surface area (Å²) in [5, 5.41) is 16.8. The summed E-state index contributed by atoms with van der Waals surface area (Å²) in [6.45, 7) is 8.43. The number of carbonyl (C=O) groups excluding carboxylic acids is 1. The number of aromatic amines is 1. The number of H-pyrrole nitrogens is 1. The monoisotopic (exact) mass is 437 g/mol. The number of nitrogens with zero attached hydrogens (tertiary/aromatic N) is 3. The van der Waals surface area contributed by atoms with Gasteiger partial charge in [0, 0.05) is 10.1 Å². The van der Waals surface area contributed by atoms with Crippen molar-refractivity contribution in [3.05, 3.63) is 52.4 Å². The molecule has 0 bridgehead atoms. The molecule has 31 heavy (non-hydrogen) atoms. The highest BCUT2D eigenvalue weighted by Gasteiger charge is 2.23. The number of carbonyl (C=O) groups is 1. The molecule has 0 aliphatic carbocycles. The molecular formula is C22H23N5O3S. The van der Waals surface area contributed by atoms with Crippen molar-refractivity contribution in [1.29, 1.82) is 0 Å². The highest BCUT2D eigenvalue weighted by Crippen LogP contribution is 2.43. The van der Waals surface area contributed by atoms with E-state index in [9.17, 15) is 4.79 Å². The minimum absolute atomic E-state index is 0.0386. The fourth-order valence-electron chi connectivity index (χ4n) is 3.19. The van der Waals surface area contributed by atoms with Gasteiger partial charge < -0.3 is 9.47 Å². The fourth-order valence-corrected chi connectivity index (χ4v) is 4.23. The van der Waals surface area contributed by atoms with Crippen LogP contribution in [0, 0.1) is 6.92 Å². The van der Waals surface area contributed by atoms with Crippen molar-refractivity contribution in [2.75, 3.05) is 12.4 Å². The first kappa shape index (κ1) is 20.8. The van der Waals surface area contributed by atoms with Crippen LogP contribution < -0.4 is 14.8 Å². The number of methoxy groups -OCH3 is 1. The van der Waals surface area contributed by atoms with Crippen molar-refractivity contribution < 1.29 is 14.3 Å². The number of thiophene rings is 1. The Kier molecular flexibility index (Phi) is 5.36. The van der Waals surface area contributed by atoms with Gasteiger partial charge in [0.25, 0.3) is 11.9 Å². The second-order valence-electron chi connectivity index (χ2n) is 8.14. The number of amides is 1. The molecule has 0 aliphatic rings. The Morgan fingerprint density at radius 3 is 2.52 bits per heavy atom. The first-order chi connectivity index (χ1) is 14.8. The lowest BCUT2D eigenvalue weighted by molar-refractivity contribution is 0.102. The number of hydrogen-bond acceptors (Lipinski definition) is 7. The highest BCUT2D eigenvalue weighted by atomic mass is 32.1. The second-order valence-corrected chi connectivity index (χ2v) is 9.20. The lowest BCUT2D eigenvalue weighted by Crippen LogP contribution is -2.12. The van der Waals surface area contributed by atoms with Crippen LogP contribution >= 0.6 is 11.3 Å². The lowest BCUT2D eigenvalue weighted by Gasteiger charge is -2.19. The van der Waals surface area contributed by atoms with Gasteiger partial charge in [0.05, 0.1) is 7.11 Å². The maximum atomic E-state index is 13.0. The van der Waals surface area contributed by atoms with Crippen LogP contribution in [0.15, 0.2) is 36.4 Å².